The van der Waals surface area contributed by atoms with Crippen LogP contribution in [0.1, 0.15) is 18.3 Å². The highest BCUT2D eigenvalue weighted by Gasteiger charge is 2.12. The molecular weight excluding hydrogens is 321 g/mol. The molecule has 0 unspecified atom stereocenters. The summed E-state index contributed by atoms with van der Waals surface area (Å²) >= 11 is 12.0. The van der Waals surface area contributed by atoms with Crippen LogP contribution in [0, 0.1) is 0 Å². The van der Waals surface area contributed by atoms with Gasteiger partial charge in [-0.1, -0.05) is 35.3 Å². The van der Waals surface area contributed by atoms with Crippen LogP contribution in [0.25, 0.3) is 0 Å². The Morgan fingerprint density at radius 2 is 2.18 bits per heavy atom. The van der Waals surface area contributed by atoms with Gasteiger partial charge in [-0.25, -0.2) is 4.98 Å². The van der Waals surface area contributed by atoms with Gasteiger partial charge in [0, 0.05) is 32.4 Å². The maximum atomic E-state index is 11.6. The molecule has 0 aliphatic heterocycles. The molecule has 1 aromatic carbocycles. The molecule has 0 fully saturated rings. The second-order valence-electron chi connectivity index (χ2n) is 4.91. The number of carbonyl (C=O) groups is 1. The number of hydrogen-bond donors (Lipinski definition) is 0. The lowest BCUT2D eigenvalue weighted by Gasteiger charge is -2.19. The summed E-state index contributed by atoms with van der Waals surface area (Å²) < 4.78 is 1.98. The smallest absolute Gasteiger partial charge is 0.220 e. The molecule has 0 atom stereocenters. The van der Waals surface area contributed by atoms with E-state index in [1.165, 1.54) is 6.92 Å². The second-order valence-corrected chi connectivity index (χ2v) is 5.72. The van der Waals surface area contributed by atoms with E-state index in [2.05, 4.69) is 11.6 Å². The van der Waals surface area contributed by atoms with Crippen molar-refractivity contribution in [3.8, 4) is 0 Å². The molecule has 1 amide bonds. The SMILES string of the molecule is C=CCN(Cc1nccn1Cc1ccc(Cl)c(Cl)c1)C(C)=O. The zero-order valence-electron chi connectivity index (χ0n) is 12.3. The van der Waals surface area contributed by atoms with E-state index < -0.39 is 0 Å². The first kappa shape index (κ1) is 16.6. The highest BCUT2D eigenvalue weighted by molar-refractivity contribution is 6.42. The average Bonchev–Trinajstić information content (AvgIpc) is 2.89. The zero-order chi connectivity index (χ0) is 16.1. The summed E-state index contributed by atoms with van der Waals surface area (Å²) in [7, 11) is 0. The van der Waals surface area contributed by atoms with Crippen molar-refractivity contribution in [2.24, 2.45) is 0 Å². The van der Waals surface area contributed by atoms with Gasteiger partial charge in [0.2, 0.25) is 5.91 Å². The van der Waals surface area contributed by atoms with Crippen molar-refractivity contribution in [2.45, 2.75) is 20.0 Å². The Morgan fingerprint density at radius 3 is 2.82 bits per heavy atom. The number of carbonyl (C=O) groups excluding carboxylic acids is 1. The van der Waals surface area contributed by atoms with E-state index in [4.69, 9.17) is 23.2 Å². The van der Waals surface area contributed by atoms with Crippen LogP contribution >= 0.6 is 23.2 Å². The number of halogens is 2. The predicted octanol–water partition coefficient (Wildman–Crippen LogP) is 3.77. The number of imidazole rings is 1. The number of hydrogen-bond acceptors (Lipinski definition) is 2. The van der Waals surface area contributed by atoms with Crippen molar-refractivity contribution < 1.29 is 4.79 Å². The molecule has 1 heterocycles. The standard InChI is InChI=1S/C16H17Cl2N3O/c1-3-7-20(12(2)22)11-16-19-6-8-21(16)10-13-4-5-14(17)15(18)9-13/h3-6,8-9H,1,7,10-11H2,2H3. The van der Waals surface area contributed by atoms with Gasteiger partial charge >= 0.3 is 0 Å². The number of nitrogens with zero attached hydrogens (tertiary/aromatic N) is 3. The molecule has 0 saturated heterocycles. The molecule has 0 aliphatic carbocycles. The number of rotatable bonds is 6. The normalized spacial score (nSPS) is 10.5. The molecule has 1 aromatic heterocycles. The van der Waals surface area contributed by atoms with Gasteiger partial charge < -0.3 is 9.47 Å². The lowest BCUT2D eigenvalue weighted by molar-refractivity contribution is -0.129. The minimum Gasteiger partial charge on any atom is -0.332 e. The fraction of sp³-hybridized carbons (Fsp3) is 0.250. The van der Waals surface area contributed by atoms with Gasteiger partial charge in [-0.15, -0.1) is 6.58 Å². The van der Waals surface area contributed by atoms with Crippen LogP contribution in [0.5, 0.6) is 0 Å². The first-order valence-corrected chi connectivity index (χ1v) is 7.57. The Kier molecular flexibility index (Phi) is 5.63. The number of aromatic nitrogens is 2. The zero-order valence-corrected chi connectivity index (χ0v) is 13.8. The van der Waals surface area contributed by atoms with Crippen LogP contribution in [0.15, 0.2) is 43.2 Å². The van der Waals surface area contributed by atoms with Crippen LogP contribution in [0.3, 0.4) is 0 Å². The Bertz CT molecular complexity index is 682. The highest BCUT2D eigenvalue weighted by atomic mass is 35.5. The summed E-state index contributed by atoms with van der Waals surface area (Å²) in [5.74, 6) is 0.798. The van der Waals surface area contributed by atoms with Crippen LogP contribution < -0.4 is 0 Å². The Balaban J connectivity index is 2.16. The Morgan fingerprint density at radius 1 is 1.41 bits per heavy atom. The molecule has 4 nitrogen and oxygen atoms in total. The lowest BCUT2D eigenvalue weighted by Crippen LogP contribution is -2.29. The van der Waals surface area contributed by atoms with Crippen molar-refractivity contribution in [3.63, 3.8) is 0 Å². The minimum atomic E-state index is -0.0102. The molecule has 22 heavy (non-hydrogen) atoms. The fourth-order valence-electron chi connectivity index (χ4n) is 2.10. The number of amides is 1. The number of benzene rings is 1. The van der Waals surface area contributed by atoms with Crippen LogP contribution in [-0.4, -0.2) is 26.9 Å². The molecule has 0 radical (unpaired) electrons. The van der Waals surface area contributed by atoms with Crippen molar-refractivity contribution in [1.82, 2.24) is 14.5 Å². The summed E-state index contributed by atoms with van der Waals surface area (Å²) in [4.78, 5) is 17.6. The summed E-state index contributed by atoms with van der Waals surface area (Å²) in [5.41, 5.74) is 1.02. The molecule has 0 saturated carbocycles. The molecule has 0 aliphatic rings. The summed E-state index contributed by atoms with van der Waals surface area (Å²) in [6.45, 7) is 6.76. The van der Waals surface area contributed by atoms with Gasteiger partial charge in [0.05, 0.1) is 16.6 Å². The molecule has 116 valence electrons. The topological polar surface area (TPSA) is 38.1 Å². The van der Waals surface area contributed by atoms with E-state index in [-0.39, 0.29) is 5.91 Å². The minimum absolute atomic E-state index is 0.0102. The Labute approximate surface area is 140 Å². The molecule has 0 bridgehead atoms. The van der Waals surface area contributed by atoms with Gasteiger partial charge in [0.15, 0.2) is 0 Å². The molecule has 0 N–H and O–H groups in total. The molecule has 2 aromatic rings. The van der Waals surface area contributed by atoms with Crippen LogP contribution in [0.2, 0.25) is 10.0 Å². The molecular formula is C16H17Cl2N3O. The van der Waals surface area contributed by atoms with Crippen LogP contribution in [0.4, 0.5) is 0 Å². The van der Waals surface area contributed by atoms with Gasteiger partial charge in [-0.2, -0.15) is 0 Å². The first-order valence-electron chi connectivity index (χ1n) is 6.81. The van der Waals surface area contributed by atoms with E-state index >= 15 is 0 Å². The Hall–Kier alpha value is -1.78. The average molecular weight is 338 g/mol. The summed E-state index contributed by atoms with van der Waals surface area (Å²) in [6.07, 6.45) is 5.30. The second kappa shape index (κ2) is 7.47. The summed E-state index contributed by atoms with van der Waals surface area (Å²) in [6, 6.07) is 5.53. The first-order chi connectivity index (χ1) is 10.5. The molecule has 0 spiro atoms. The quantitative estimate of drug-likeness (QED) is 0.752. The lowest BCUT2D eigenvalue weighted by atomic mass is 10.2. The maximum absolute atomic E-state index is 11.6. The predicted molar refractivity (Wildman–Crippen MR) is 89.1 cm³/mol. The third-order valence-electron chi connectivity index (χ3n) is 3.27. The highest BCUT2D eigenvalue weighted by Crippen LogP contribution is 2.23. The van der Waals surface area contributed by atoms with Crippen LogP contribution in [-0.2, 0) is 17.9 Å². The van der Waals surface area contributed by atoms with Gasteiger partial charge in [-0.05, 0) is 17.7 Å². The van der Waals surface area contributed by atoms with Crippen molar-refractivity contribution in [2.75, 3.05) is 6.54 Å². The van der Waals surface area contributed by atoms with Gasteiger partial charge in [-0.3, -0.25) is 4.79 Å². The summed E-state index contributed by atoms with van der Waals surface area (Å²) in [5, 5.41) is 1.06. The third-order valence-corrected chi connectivity index (χ3v) is 4.00. The third kappa shape index (κ3) is 4.12. The van der Waals surface area contributed by atoms with E-state index in [0.29, 0.717) is 29.7 Å². The van der Waals surface area contributed by atoms with Gasteiger partial charge in [0.25, 0.3) is 0 Å². The molecule has 2 rings (SSSR count). The van der Waals surface area contributed by atoms with Gasteiger partial charge in [0.1, 0.15) is 5.82 Å². The fourth-order valence-corrected chi connectivity index (χ4v) is 2.42. The monoisotopic (exact) mass is 337 g/mol. The molecule has 6 heteroatoms. The largest absolute Gasteiger partial charge is 0.332 e. The van der Waals surface area contributed by atoms with E-state index in [0.717, 1.165) is 11.4 Å². The van der Waals surface area contributed by atoms with Crippen molar-refractivity contribution in [1.29, 1.82) is 0 Å². The van der Waals surface area contributed by atoms with Crippen molar-refractivity contribution in [3.05, 3.63) is 64.7 Å². The van der Waals surface area contributed by atoms with E-state index in [9.17, 15) is 4.79 Å². The van der Waals surface area contributed by atoms with E-state index in [1.807, 2.05) is 22.9 Å². The van der Waals surface area contributed by atoms with E-state index in [1.54, 1.807) is 23.2 Å². The maximum Gasteiger partial charge on any atom is 0.220 e. The van der Waals surface area contributed by atoms with Crippen molar-refractivity contribution >= 4 is 29.1 Å².